The molecule has 0 aliphatic carbocycles. The Balaban J connectivity index is 1.61. The summed E-state index contributed by atoms with van der Waals surface area (Å²) in [7, 11) is -3.75. The number of halogens is 1. The van der Waals surface area contributed by atoms with Crippen molar-refractivity contribution in [1.29, 1.82) is 0 Å². The van der Waals surface area contributed by atoms with E-state index in [0.717, 1.165) is 49.0 Å². The zero-order valence-electron chi connectivity index (χ0n) is 15.8. The van der Waals surface area contributed by atoms with Crippen LogP contribution in [0.2, 0.25) is 0 Å². The molecule has 0 spiro atoms. The maximum Gasteiger partial charge on any atom is 0.255 e. The van der Waals surface area contributed by atoms with Gasteiger partial charge in [0.15, 0.2) is 5.82 Å². The van der Waals surface area contributed by atoms with Crippen molar-refractivity contribution in [3.8, 4) is 11.4 Å². The van der Waals surface area contributed by atoms with Crippen LogP contribution in [0.25, 0.3) is 17.5 Å². The molecule has 0 saturated heterocycles. The fourth-order valence-corrected chi connectivity index (χ4v) is 4.23. The molecule has 8 heteroatoms. The molecule has 0 atom stereocenters. The number of nitrogens with zero attached hydrogens (tertiary/aromatic N) is 3. The van der Waals surface area contributed by atoms with Crippen LogP contribution < -0.4 is 4.72 Å². The van der Waals surface area contributed by atoms with Gasteiger partial charge in [0.25, 0.3) is 10.0 Å². The number of sulfonamides is 1. The average Bonchev–Trinajstić information content (AvgIpc) is 2.96. The summed E-state index contributed by atoms with van der Waals surface area (Å²) in [4.78, 5) is 0. The molecule has 1 aromatic heterocycles. The second kappa shape index (κ2) is 8.16. The minimum absolute atomic E-state index is 0.234. The highest BCUT2D eigenvalue weighted by molar-refractivity contribution is 7.95. The number of hydrogen-bond acceptors (Lipinski definition) is 4. The number of benzene rings is 2. The van der Waals surface area contributed by atoms with Crippen LogP contribution in [0.15, 0.2) is 53.9 Å². The molecule has 4 rings (SSSR count). The molecular formula is C21H21FN4O2S. The van der Waals surface area contributed by atoms with Crippen LogP contribution in [-0.2, 0) is 23.0 Å². The lowest BCUT2D eigenvalue weighted by Crippen LogP contribution is -2.09. The number of fused-ring (bicyclic) bond motifs is 1. The molecule has 1 N–H and O–H groups in total. The average molecular weight is 412 g/mol. The second-order valence-electron chi connectivity index (χ2n) is 6.96. The Hall–Kier alpha value is -3.00. The molecule has 0 bridgehead atoms. The number of hydrogen-bond donors (Lipinski definition) is 1. The topological polar surface area (TPSA) is 76.9 Å². The Kier molecular flexibility index (Phi) is 5.44. The molecule has 3 aromatic rings. The highest BCUT2D eigenvalue weighted by atomic mass is 32.2. The van der Waals surface area contributed by atoms with Crippen LogP contribution in [0.1, 0.15) is 30.7 Å². The van der Waals surface area contributed by atoms with E-state index in [4.69, 9.17) is 0 Å². The van der Waals surface area contributed by atoms with E-state index in [1.165, 1.54) is 24.3 Å². The molecule has 0 saturated carbocycles. The van der Waals surface area contributed by atoms with Crippen molar-refractivity contribution in [2.24, 2.45) is 0 Å². The number of aromatic nitrogens is 3. The lowest BCUT2D eigenvalue weighted by atomic mass is 10.1. The summed E-state index contributed by atoms with van der Waals surface area (Å²) in [5, 5.41) is 9.46. The molecule has 0 fully saturated rings. The Morgan fingerprint density at radius 1 is 1.03 bits per heavy atom. The van der Waals surface area contributed by atoms with Gasteiger partial charge in [-0.2, -0.15) is 0 Å². The number of anilines is 1. The minimum Gasteiger partial charge on any atom is -0.311 e. The van der Waals surface area contributed by atoms with E-state index >= 15 is 0 Å². The third-order valence-electron chi connectivity index (χ3n) is 4.82. The number of rotatable bonds is 5. The smallest absolute Gasteiger partial charge is 0.255 e. The van der Waals surface area contributed by atoms with Crippen molar-refractivity contribution in [3.63, 3.8) is 0 Å². The largest absolute Gasteiger partial charge is 0.311 e. The van der Waals surface area contributed by atoms with Crippen molar-refractivity contribution >= 4 is 21.8 Å². The van der Waals surface area contributed by atoms with Gasteiger partial charge in [-0.1, -0.05) is 36.8 Å². The van der Waals surface area contributed by atoms with Crippen molar-refractivity contribution in [2.45, 2.75) is 32.2 Å². The predicted octanol–water partition coefficient (Wildman–Crippen LogP) is 4.22. The van der Waals surface area contributed by atoms with Gasteiger partial charge >= 0.3 is 0 Å². The van der Waals surface area contributed by atoms with Crippen LogP contribution in [0, 0.1) is 5.82 Å². The van der Waals surface area contributed by atoms with Gasteiger partial charge in [-0.05, 0) is 42.7 Å². The lowest BCUT2D eigenvalue weighted by Gasteiger charge is -2.10. The molecule has 2 aromatic carbocycles. The summed E-state index contributed by atoms with van der Waals surface area (Å²) in [5.41, 5.74) is 1.27. The Bertz CT molecular complexity index is 1140. The predicted molar refractivity (Wildman–Crippen MR) is 111 cm³/mol. The zero-order chi connectivity index (χ0) is 20.3. The summed E-state index contributed by atoms with van der Waals surface area (Å²) < 4.78 is 43.8. The first-order valence-electron chi connectivity index (χ1n) is 9.50. The molecule has 150 valence electrons. The first-order valence-corrected chi connectivity index (χ1v) is 11.0. The summed E-state index contributed by atoms with van der Waals surface area (Å²) in [6.07, 6.45) is 5.43. The molecule has 2 heterocycles. The van der Waals surface area contributed by atoms with Gasteiger partial charge < -0.3 is 4.57 Å². The third-order valence-corrected chi connectivity index (χ3v) is 5.83. The van der Waals surface area contributed by atoms with Crippen LogP contribution in [0.3, 0.4) is 0 Å². The van der Waals surface area contributed by atoms with Gasteiger partial charge in [-0.3, -0.25) is 4.72 Å². The lowest BCUT2D eigenvalue weighted by molar-refractivity contribution is 0.609. The van der Waals surface area contributed by atoms with Gasteiger partial charge in [-0.15, -0.1) is 10.2 Å². The van der Waals surface area contributed by atoms with Crippen molar-refractivity contribution in [2.75, 3.05) is 4.72 Å². The van der Waals surface area contributed by atoms with Gasteiger partial charge in [0.2, 0.25) is 0 Å². The van der Waals surface area contributed by atoms with E-state index in [9.17, 15) is 12.8 Å². The monoisotopic (exact) mass is 412 g/mol. The molecule has 6 nitrogen and oxygen atoms in total. The zero-order valence-corrected chi connectivity index (χ0v) is 16.6. The van der Waals surface area contributed by atoms with E-state index in [2.05, 4.69) is 14.9 Å². The first kappa shape index (κ1) is 19.3. The van der Waals surface area contributed by atoms with E-state index in [1.54, 1.807) is 12.1 Å². The summed E-state index contributed by atoms with van der Waals surface area (Å²) >= 11 is 0. The third kappa shape index (κ3) is 4.54. The summed E-state index contributed by atoms with van der Waals surface area (Å²) in [6.45, 7) is 0.729. The summed E-state index contributed by atoms with van der Waals surface area (Å²) in [6, 6.07) is 13.2. The van der Waals surface area contributed by atoms with Crippen LogP contribution in [-0.4, -0.2) is 23.2 Å². The normalized spacial score (nSPS) is 14.5. The van der Waals surface area contributed by atoms with Crippen LogP contribution >= 0.6 is 0 Å². The fraction of sp³-hybridized carbons (Fsp3) is 0.238. The van der Waals surface area contributed by atoms with Crippen LogP contribution in [0.5, 0.6) is 0 Å². The maximum absolute atomic E-state index is 14.5. The highest BCUT2D eigenvalue weighted by Crippen LogP contribution is 2.28. The van der Waals surface area contributed by atoms with Crippen molar-refractivity contribution in [3.05, 3.63) is 71.1 Å². The fourth-order valence-electron chi connectivity index (χ4n) is 3.37. The van der Waals surface area contributed by atoms with E-state index < -0.39 is 15.8 Å². The molecule has 1 aliphatic heterocycles. The Morgan fingerprint density at radius 2 is 1.86 bits per heavy atom. The van der Waals surface area contributed by atoms with E-state index in [0.29, 0.717) is 5.82 Å². The van der Waals surface area contributed by atoms with Crippen LogP contribution in [0.4, 0.5) is 10.1 Å². The highest BCUT2D eigenvalue weighted by Gasteiger charge is 2.19. The van der Waals surface area contributed by atoms with Gasteiger partial charge in [0.1, 0.15) is 11.6 Å². The quantitative estimate of drug-likeness (QED) is 0.681. The molecule has 0 radical (unpaired) electrons. The first-order chi connectivity index (χ1) is 14.0. The molecule has 29 heavy (non-hydrogen) atoms. The Morgan fingerprint density at radius 3 is 2.69 bits per heavy atom. The Labute approximate surface area is 169 Å². The minimum atomic E-state index is -3.75. The SMILES string of the molecule is O=S(=O)(/C=C/c1ccccc1)Nc1ccc(F)c(-c2nnc3n2CCCCC3)c1. The van der Waals surface area contributed by atoms with Gasteiger partial charge in [0.05, 0.1) is 11.0 Å². The second-order valence-corrected chi connectivity index (χ2v) is 8.52. The van der Waals surface area contributed by atoms with E-state index in [1.807, 2.05) is 22.8 Å². The van der Waals surface area contributed by atoms with Gasteiger partial charge in [-0.25, -0.2) is 12.8 Å². The van der Waals surface area contributed by atoms with Crippen molar-refractivity contribution in [1.82, 2.24) is 14.8 Å². The molecule has 1 aliphatic rings. The van der Waals surface area contributed by atoms with Crippen molar-refractivity contribution < 1.29 is 12.8 Å². The maximum atomic E-state index is 14.5. The molecule has 0 unspecified atom stereocenters. The molecule has 0 amide bonds. The van der Waals surface area contributed by atoms with E-state index in [-0.39, 0.29) is 11.3 Å². The number of aryl methyl sites for hydroxylation is 1. The number of nitrogens with one attached hydrogen (secondary N) is 1. The summed E-state index contributed by atoms with van der Waals surface area (Å²) in [5.74, 6) is 0.807. The van der Waals surface area contributed by atoms with Gasteiger partial charge in [0, 0.05) is 18.7 Å². The molecular weight excluding hydrogens is 391 g/mol. The standard InChI is InChI=1S/C21H21FN4O2S/c22-19-11-10-17(25-29(27,28)14-12-16-7-3-1-4-8-16)15-18(19)21-24-23-20-9-5-2-6-13-26(20)21/h1,3-4,7-8,10-12,14-15,25H,2,5-6,9,13H2/b14-12+.